The summed E-state index contributed by atoms with van der Waals surface area (Å²) in [6.45, 7) is 6.39. The maximum Gasteiger partial charge on any atom is 0.123 e. The van der Waals surface area contributed by atoms with Gasteiger partial charge >= 0.3 is 0 Å². The fraction of sp³-hybridized carbons (Fsp3) is 0.368. The summed E-state index contributed by atoms with van der Waals surface area (Å²) in [4.78, 5) is 0. The molecule has 0 amide bonds. The molecule has 0 aromatic heterocycles. The molecule has 2 aromatic rings. The third-order valence-electron chi connectivity index (χ3n) is 3.61. The van der Waals surface area contributed by atoms with E-state index in [1.165, 1.54) is 11.1 Å². The van der Waals surface area contributed by atoms with Crippen molar-refractivity contribution in [3.05, 3.63) is 71.5 Å². The minimum absolute atomic E-state index is 0.173. The van der Waals surface area contributed by atoms with Gasteiger partial charge in [-0.05, 0) is 42.1 Å². The van der Waals surface area contributed by atoms with E-state index in [9.17, 15) is 4.39 Å². The van der Waals surface area contributed by atoms with E-state index in [0.717, 1.165) is 19.5 Å². The summed E-state index contributed by atoms with van der Waals surface area (Å²) in [5.74, 6) is 0.885. The van der Waals surface area contributed by atoms with Crippen LogP contribution < -0.4 is 5.32 Å². The van der Waals surface area contributed by atoms with Crippen molar-refractivity contribution in [2.45, 2.75) is 26.2 Å². The predicted octanol–water partition coefficient (Wildman–Crippen LogP) is 4.40. The number of nitrogens with one attached hydrogen (secondary N) is 1. The van der Waals surface area contributed by atoms with E-state index in [2.05, 4.69) is 43.4 Å². The Kier molecular flexibility index (Phi) is 5.94. The smallest absolute Gasteiger partial charge is 0.123 e. The molecular weight excluding hydrogens is 261 g/mol. The molecule has 0 aliphatic heterocycles. The fourth-order valence-electron chi connectivity index (χ4n) is 2.48. The minimum atomic E-state index is -0.173. The topological polar surface area (TPSA) is 12.0 Å². The van der Waals surface area contributed by atoms with E-state index in [-0.39, 0.29) is 5.82 Å². The van der Waals surface area contributed by atoms with Gasteiger partial charge in [0.25, 0.3) is 0 Å². The van der Waals surface area contributed by atoms with E-state index in [0.29, 0.717) is 11.8 Å². The molecule has 1 N–H and O–H groups in total. The highest BCUT2D eigenvalue weighted by atomic mass is 19.1. The zero-order valence-corrected chi connectivity index (χ0v) is 12.9. The molecule has 1 nitrogen and oxygen atoms in total. The van der Waals surface area contributed by atoms with Gasteiger partial charge in [-0.15, -0.1) is 0 Å². The molecule has 0 radical (unpaired) electrons. The van der Waals surface area contributed by atoms with E-state index in [1.54, 1.807) is 12.1 Å². The second-order valence-electron chi connectivity index (χ2n) is 5.99. The molecular formula is C19H24FN. The Balaban J connectivity index is 2.06. The van der Waals surface area contributed by atoms with Crippen LogP contribution in [0, 0.1) is 11.7 Å². The van der Waals surface area contributed by atoms with Crippen molar-refractivity contribution in [3.8, 4) is 0 Å². The second kappa shape index (κ2) is 7.94. The van der Waals surface area contributed by atoms with Crippen molar-refractivity contribution in [2.24, 2.45) is 5.92 Å². The molecule has 2 rings (SSSR count). The molecule has 0 saturated heterocycles. The van der Waals surface area contributed by atoms with Crippen LogP contribution in [0.1, 0.15) is 30.9 Å². The van der Waals surface area contributed by atoms with Crippen molar-refractivity contribution in [3.63, 3.8) is 0 Å². The first-order valence-electron chi connectivity index (χ1n) is 7.65. The predicted molar refractivity (Wildman–Crippen MR) is 87.0 cm³/mol. The Morgan fingerprint density at radius 1 is 0.905 bits per heavy atom. The lowest BCUT2D eigenvalue weighted by atomic mass is 9.92. The maximum absolute atomic E-state index is 13.0. The van der Waals surface area contributed by atoms with Crippen LogP contribution in [0.5, 0.6) is 0 Å². The normalized spacial score (nSPS) is 12.6. The van der Waals surface area contributed by atoms with E-state index in [4.69, 9.17) is 0 Å². The van der Waals surface area contributed by atoms with E-state index < -0.39 is 0 Å². The number of hydrogen-bond acceptors (Lipinski definition) is 1. The molecule has 2 aromatic carbocycles. The number of benzene rings is 2. The maximum atomic E-state index is 13.0. The molecule has 112 valence electrons. The minimum Gasteiger partial charge on any atom is -0.316 e. The highest BCUT2D eigenvalue weighted by Gasteiger charge is 2.12. The van der Waals surface area contributed by atoms with Gasteiger partial charge in [0, 0.05) is 12.5 Å². The van der Waals surface area contributed by atoms with Crippen LogP contribution in [0.15, 0.2) is 54.6 Å². The highest BCUT2D eigenvalue weighted by Crippen LogP contribution is 2.20. The van der Waals surface area contributed by atoms with Gasteiger partial charge in [-0.1, -0.05) is 56.3 Å². The monoisotopic (exact) mass is 285 g/mol. The SMILES string of the molecule is CC(C)CNCC(Cc1ccc(F)cc1)c1ccccc1. The first-order chi connectivity index (χ1) is 10.1. The lowest BCUT2D eigenvalue weighted by Crippen LogP contribution is -2.26. The average Bonchev–Trinajstić information content (AvgIpc) is 2.49. The van der Waals surface area contributed by atoms with Crippen LogP contribution in [0.2, 0.25) is 0 Å². The molecule has 0 fully saturated rings. The fourth-order valence-corrected chi connectivity index (χ4v) is 2.48. The van der Waals surface area contributed by atoms with Crippen LogP contribution in [-0.2, 0) is 6.42 Å². The quantitative estimate of drug-likeness (QED) is 0.795. The molecule has 2 heteroatoms. The van der Waals surface area contributed by atoms with E-state index >= 15 is 0 Å². The van der Waals surface area contributed by atoms with Gasteiger partial charge in [-0.25, -0.2) is 4.39 Å². The number of halogens is 1. The van der Waals surface area contributed by atoms with Gasteiger partial charge in [-0.2, -0.15) is 0 Å². The summed E-state index contributed by atoms with van der Waals surface area (Å²) in [5.41, 5.74) is 2.51. The summed E-state index contributed by atoms with van der Waals surface area (Å²) >= 11 is 0. The molecule has 0 spiro atoms. The summed E-state index contributed by atoms with van der Waals surface area (Å²) < 4.78 is 13.0. The Morgan fingerprint density at radius 3 is 2.19 bits per heavy atom. The summed E-state index contributed by atoms with van der Waals surface area (Å²) in [6, 6.07) is 17.4. The van der Waals surface area contributed by atoms with Gasteiger partial charge < -0.3 is 5.32 Å². The largest absolute Gasteiger partial charge is 0.316 e. The van der Waals surface area contributed by atoms with E-state index in [1.807, 2.05) is 18.2 Å². The average molecular weight is 285 g/mol. The Morgan fingerprint density at radius 2 is 1.57 bits per heavy atom. The van der Waals surface area contributed by atoms with Crippen LogP contribution >= 0.6 is 0 Å². The van der Waals surface area contributed by atoms with Gasteiger partial charge in [0.1, 0.15) is 5.82 Å². The first kappa shape index (κ1) is 15.7. The molecule has 0 saturated carbocycles. The lowest BCUT2D eigenvalue weighted by molar-refractivity contribution is 0.514. The van der Waals surface area contributed by atoms with Crippen molar-refractivity contribution >= 4 is 0 Å². The van der Waals surface area contributed by atoms with Crippen molar-refractivity contribution in [1.82, 2.24) is 5.32 Å². The Hall–Kier alpha value is -1.67. The zero-order valence-electron chi connectivity index (χ0n) is 12.9. The van der Waals surface area contributed by atoms with Crippen LogP contribution in [0.4, 0.5) is 4.39 Å². The van der Waals surface area contributed by atoms with Crippen molar-refractivity contribution < 1.29 is 4.39 Å². The van der Waals surface area contributed by atoms with Crippen molar-refractivity contribution in [2.75, 3.05) is 13.1 Å². The zero-order chi connectivity index (χ0) is 15.1. The Labute approximate surface area is 127 Å². The Bertz CT molecular complexity index is 519. The molecule has 1 unspecified atom stereocenters. The lowest BCUT2D eigenvalue weighted by Gasteiger charge is -2.19. The summed E-state index contributed by atoms with van der Waals surface area (Å²) in [5, 5.41) is 3.54. The molecule has 0 bridgehead atoms. The third-order valence-corrected chi connectivity index (χ3v) is 3.61. The van der Waals surface area contributed by atoms with Crippen LogP contribution in [-0.4, -0.2) is 13.1 Å². The van der Waals surface area contributed by atoms with Gasteiger partial charge in [0.05, 0.1) is 0 Å². The van der Waals surface area contributed by atoms with Crippen LogP contribution in [0.3, 0.4) is 0 Å². The molecule has 0 aliphatic rings. The molecule has 0 aliphatic carbocycles. The molecule has 1 atom stereocenters. The molecule has 0 heterocycles. The molecule has 21 heavy (non-hydrogen) atoms. The standard InChI is InChI=1S/C19H24FN/c1-15(2)13-21-14-18(17-6-4-3-5-7-17)12-16-8-10-19(20)11-9-16/h3-11,15,18,21H,12-14H2,1-2H3. The van der Waals surface area contributed by atoms with Gasteiger partial charge in [0.15, 0.2) is 0 Å². The first-order valence-corrected chi connectivity index (χ1v) is 7.65. The third kappa shape index (κ3) is 5.31. The highest BCUT2D eigenvalue weighted by molar-refractivity contribution is 5.25. The summed E-state index contributed by atoms with van der Waals surface area (Å²) in [7, 11) is 0. The van der Waals surface area contributed by atoms with Gasteiger partial charge in [-0.3, -0.25) is 0 Å². The second-order valence-corrected chi connectivity index (χ2v) is 5.99. The van der Waals surface area contributed by atoms with Gasteiger partial charge in [0.2, 0.25) is 0 Å². The summed E-state index contributed by atoms with van der Waals surface area (Å²) in [6.07, 6.45) is 0.926. The van der Waals surface area contributed by atoms with Crippen LogP contribution in [0.25, 0.3) is 0 Å². The number of hydrogen-bond donors (Lipinski definition) is 1. The number of rotatable bonds is 7. The van der Waals surface area contributed by atoms with Crippen molar-refractivity contribution in [1.29, 1.82) is 0 Å².